The van der Waals surface area contributed by atoms with Gasteiger partial charge in [0.25, 0.3) is 0 Å². The van der Waals surface area contributed by atoms with Crippen LogP contribution in [0.4, 0.5) is 0 Å². The normalized spacial score (nSPS) is 15.9. The third kappa shape index (κ3) is 8.76. The van der Waals surface area contributed by atoms with E-state index in [1.54, 1.807) is 0 Å². The number of likely N-dealkylation sites (tertiary alicyclic amines) is 1. The molecule has 0 amide bonds. The van der Waals surface area contributed by atoms with Gasteiger partial charge in [-0.3, -0.25) is 0 Å². The predicted molar refractivity (Wildman–Crippen MR) is 72.4 cm³/mol. The summed E-state index contributed by atoms with van der Waals surface area (Å²) in [6.45, 7) is 13.2. The maximum atomic E-state index is 8.72. The van der Waals surface area contributed by atoms with Gasteiger partial charge >= 0.3 is 0 Å². The number of nitrogens with zero attached hydrogens (tertiary/aromatic N) is 1. The van der Waals surface area contributed by atoms with Crippen molar-refractivity contribution in [2.24, 2.45) is 5.92 Å². The fourth-order valence-corrected chi connectivity index (χ4v) is 1.65. The molecule has 0 saturated carbocycles. The van der Waals surface area contributed by atoms with E-state index >= 15 is 0 Å². The Morgan fingerprint density at radius 2 is 1.62 bits per heavy atom. The standard InChI is InChI=1S/C10H17NO.2C2H6/c1-2-3-10-4-6-11(7-5-10)8-9-12;2*1-2/h10,12H,4-9H2,1H3;2*1-2H3. The quantitative estimate of drug-likeness (QED) is 0.733. The summed E-state index contributed by atoms with van der Waals surface area (Å²) in [4.78, 5) is 2.30. The molecule has 1 aliphatic heterocycles. The van der Waals surface area contributed by atoms with E-state index in [1.807, 2.05) is 34.6 Å². The summed E-state index contributed by atoms with van der Waals surface area (Å²) in [6.07, 6.45) is 2.34. The first kappa shape index (κ1) is 17.9. The molecule has 0 spiro atoms. The van der Waals surface area contributed by atoms with Gasteiger partial charge in [-0.2, -0.15) is 0 Å². The minimum absolute atomic E-state index is 0.282. The number of hydrogen-bond donors (Lipinski definition) is 1. The van der Waals surface area contributed by atoms with Gasteiger partial charge in [0.1, 0.15) is 0 Å². The molecule has 0 radical (unpaired) electrons. The fourth-order valence-electron chi connectivity index (χ4n) is 1.65. The number of aliphatic hydroxyl groups excluding tert-OH is 1. The molecule has 1 saturated heterocycles. The molecular formula is C14H29NO. The van der Waals surface area contributed by atoms with Crippen LogP contribution >= 0.6 is 0 Å². The van der Waals surface area contributed by atoms with Crippen molar-refractivity contribution in [1.29, 1.82) is 0 Å². The number of aliphatic hydroxyl groups is 1. The predicted octanol–water partition coefficient (Wildman–Crippen LogP) is 2.77. The van der Waals surface area contributed by atoms with E-state index in [9.17, 15) is 0 Å². The van der Waals surface area contributed by atoms with Gasteiger partial charge in [0.2, 0.25) is 0 Å². The van der Waals surface area contributed by atoms with Crippen molar-refractivity contribution in [3.63, 3.8) is 0 Å². The maximum absolute atomic E-state index is 8.72. The van der Waals surface area contributed by atoms with Crippen LogP contribution in [0.3, 0.4) is 0 Å². The zero-order valence-corrected chi connectivity index (χ0v) is 11.7. The Morgan fingerprint density at radius 1 is 1.12 bits per heavy atom. The van der Waals surface area contributed by atoms with E-state index in [2.05, 4.69) is 16.7 Å². The second kappa shape index (κ2) is 14.5. The molecule has 0 bridgehead atoms. The molecule has 0 atom stereocenters. The summed E-state index contributed by atoms with van der Waals surface area (Å²) in [5.41, 5.74) is 0. The molecule has 1 rings (SSSR count). The summed E-state index contributed by atoms with van der Waals surface area (Å²) >= 11 is 0. The highest BCUT2D eigenvalue weighted by Gasteiger charge is 2.16. The van der Waals surface area contributed by atoms with E-state index in [1.165, 1.54) is 12.8 Å². The van der Waals surface area contributed by atoms with Crippen LogP contribution in [0, 0.1) is 17.8 Å². The first-order valence-electron chi connectivity index (χ1n) is 6.62. The summed E-state index contributed by atoms with van der Waals surface area (Å²) < 4.78 is 0. The number of β-amino-alcohol motifs (C(OH)–C–C–N with tert-alkyl or cyclic N) is 1. The largest absolute Gasteiger partial charge is 0.395 e. The van der Waals surface area contributed by atoms with Crippen molar-refractivity contribution >= 4 is 0 Å². The van der Waals surface area contributed by atoms with Gasteiger partial charge in [0.05, 0.1) is 6.61 Å². The van der Waals surface area contributed by atoms with E-state index in [0.29, 0.717) is 5.92 Å². The van der Waals surface area contributed by atoms with Crippen LogP contribution in [0.15, 0.2) is 0 Å². The molecule has 2 nitrogen and oxygen atoms in total. The Balaban J connectivity index is 0. The maximum Gasteiger partial charge on any atom is 0.0558 e. The topological polar surface area (TPSA) is 23.5 Å². The number of hydrogen-bond acceptors (Lipinski definition) is 2. The van der Waals surface area contributed by atoms with Crippen LogP contribution in [0.1, 0.15) is 47.5 Å². The lowest BCUT2D eigenvalue weighted by Crippen LogP contribution is -2.35. The fraction of sp³-hybridized carbons (Fsp3) is 0.857. The minimum Gasteiger partial charge on any atom is -0.395 e. The molecule has 2 heteroatoms. The summed E-state index contributed by atoms with van der Waals surface area (Å²) in [5, 5.41) is 8.72. The molecule has 1 aliphatic rings. The smallest absolute Gasteiger partial charge is 0.0558 e. The van der Waals surface area contributed by atoms with E-state index in [-0.39, 0.29) is 6.61 Å². The first-order chi connectivity index (χ1) is 7.86. The highest BCUT2D eigenvalue weighted by molar-refractivity contribution is 5.02. The third-order valence-corrected chi connectivity index (χ3v) is 2.35. The van der Waals surface area contributed by atoms with Crippen LogP contribution in [-0.2, 0) is 0 Å². The lowest BCUT2D eigenvalue weighted by molar-refractivity contribution is 0.161. The van der Waals surface area contributed by atoms with Gasteiger partial charge in [0.15, 0.2) is 0 Å². The summed E-state index contributed by atoms with van der Waals surface area (Å²) in [7, 11) is 0. The number of piperidine rings is 1. The second-order valence-electron chi connectivity index (χ2n) is 3.23. The lowest BCUT2D eigenvalue weighted by Gasteiger charge is -2.28. The van der Waals surface area contributed by atoms with Crippen molar-refractivity contribution in [3.8, 4) is 11.8 Å². The molecule has 96 valence electrons. The lowest BCUT2D eigenvalue weighted by atomic mass is 9.98. The van der Waals surface area contributed by atoms with Gasteiger partial charge < -0.3 is 10.0 Å². The second-order valence-corrected chi connectivity index (χ2v) is 3.23. The van der Waals surface area contributed by atoms with E-state index < -0.39 is 0 Å². The Bertz CT molecular complexity index is 173. The molecule has 16 heavy (non-hydrogen) atoms. The molecule has 1 N–H and O–H groups in total. The molecule has 0 aromatic heterocycles. The SMILES string of the molecule is CC.CC.CC#CC1CCN(CCO)CC1. The molecular weight excluding hydrogens is 198 g/mol. The summed E-state index contributed by atoms with van der Waals surface area (Å²) in [6, 6.07) is 0. The van der Waals surface area contributed by atoms with Gasteiger partial charge in [-0.25, -0.2) is 0 Å². The van der Waals surface area contributed by atoms with Crippen LogP contribution in [0.25, 0.3) is 0 Å². The highest BCUT2D eigenvalue weighted by atomic mass is 16.3. The zero-order valence-electron chi connectivity index (χ0n) is 11.7. The Hall–Kier alpha value is -0.520. The molecule has 0 aliphatic carbocycles. The Kier molecular flexibility index (Phi) is 16.2. The molecule has 1 heterocycles. The molecule has 0 aromatic carbocycles. The van der Waals surface area contributed by atoms with Crippen molar-refractivity contribution in [1.82, 2.24) is 4.90 Å². The molecule has 1 fully saturated rings. The number of rotatable bonds is 2. The third-order valence-electron chi connectivity index (χ3n) is 2.35. The molecule has 0 aromatic rings. The minimum atomic E-state index is 0.282. The van der Waals surface area contributed by atoms with Gasteiger partial charge in [-0.05, 0) is 32.9 Å². The average molecular weight is 227 g/mol. The van der Waals surface area contributed by atoms with Crippen molar-refractivity contribution in [3.05, 3.63) is 0 Å². The van der Waals surface area contributed by atoms with E-state index in [0.717, 1.165) is 19.6 Å². The Labute approximate surface area is 102 Å². The van der Waals surface area contributed by atoms with Crippen molar-refractivity contribution in [2.75, 3.05) is 26.2 Å². The van der Waals surface area contributed by atoms with Crippen LogP contribution in [0.5, 0.6) is 0 Å². The van der Waals surface area contributed by atoms with Gasteiger partial charge in [-0.1, -0.05) is 27.7 Å². The Morgan fingerprint density at radius 3 is 2.00 bits per heavy atom. The van der Waals surface area contributed by atoms with E-state index in [4.69, 9.17) is 5.11 Å². The first-order valence-corrected chi connectivity index (χ1v) is 6.62. The van der Waals surface area contributed by atoms with Crippen molar-refractivity contribution < 1.29 is 5.11 Å². The van der Waals surface area contributed by atoms with Crippen LogP contribution < -0.4 is 0 Å². The highest BCUT2D eigenvalue weighted by Crippen LogP contribution is 2.15. The van der Waals surface area contributed by atoms with Crippen LogP contribution in [0.2, 0.25) is 0 Å². The van der Waals surface area contributed by atoms with Gasteiger partial charge in [-0.15, -0.1) is 11.8 Å². The average Bonchev–Trinajstić information content (AvgIpc) is 2.37. The summed E-state index contributed by atoms with van der Waals surface area (Å²) in [5.74, 6) is 6.78. The monoisotopic (exact) mass is 227 g/mol. The van der Waals surface area contributed by atoms with Crippen LogP contribution in [-0.4, -0.2) is 36.2 Å². The molecule has 0 unspecified atom stereocenters. The zero-order chi connectivity index (χ0) is 12.8. The van der Waals surface area contributed by atoms with Crippen molar-refractivity contribution in [2.45, 2.75) is 47.5 Å². The van der Waals surface area contributed by atoms with Gasteiger partial charge in [0, 0.05) is 12.5 Å².